The molecule has 136 valence electrons. The average molecular weight is 363 g/mol. The van der Waals surface area contributed by atoms with Crippen LogP contribution < -0.4 is 5.56 Å². The third-order valence-corrected chi connectivity index (χ3v) is 3.74. The SMILES string of the molecule is CCCn1nc(-c2ccncc2)nc1Cn1cc(C(F)(F)F)ccc1=O. The summed E-state index contributed by atoms with van der Waals surface area (Å²) in [5.41, 5.74) is -0.671. The Morgan fingerprint density at radius 1 is 1.12 bits per heavy atom. The molecule has 26 heavy (non-hydrogen) atoms. The van der Waals surface area contributed by atoms with Crippen molar-refractivity contribution in [2.24, 2.45) is 0 Å². The zero-order valence-corrected chi connectivity index (χ0v) is 13.9. The Kier molecular flexibility index (Phi) is 4.88. The summed E-state index contributed by atoms with van der Waals surface area (Å²) < 4.78 is 41.3. The highest BCUT2D eigenvalue weighted by atomic mass is 19.4. The molecule has 3 heterocycles. The number of nitrogens with zero attached hydrogens (tertiary/aromatic N) is 5. The topological polar surface area (TPSA) is 65.6 Å². The van der Waals surface area contributed by atoms with E-state index in [1.165, 1.54) is 0 Å². The zero-order chi connectivity index (χ0) is 18.7. The molecule has 3 rings (SSSR count). The van der Waals surface area contributed by atoms with E-state index in [1.54, 1.807) is 29.2 Å². The molecule has 0 spiro atoms. The summed E-state index contributed by atoms with van der Waals surface area (Å²) in [6, 6.07) is 5.17. The molecule has 0 amide bonds. The molecule has 0 saturated carbocycles. The number of aryl methyl sites for hydroxylation is 1. The number of rotatable bonds is 5. The van der Waals surface area contributed by atoms with Gasteiger partial charge in [0.1, 0.15) is 5.82 Å². The van der Waals surface area contributed by atoms with Gasteiger partial charge in [-0.1, -0.05) is 6.92 Å². The number of aromatic nitrogens is 5. The number of hydrogen-bond acceptors (Lipinski definition) is 4. The highest BCUT2D eigenvalue weighted by Crippen LogP contribution is 2.28. The van der Waals surface area contributed by atoms with Crippen LogP contribution in [0.4, 0.5) is 13.2 Å². The minimum atomic E-state index is -4.52. The van der Waals surface area contributed by atoms with Crippen LogP contribution in [-0.4, -0.2) is 24.3 Å². The normalized spacial score (nSPS) is 11.7. The van der Waals surface area contributed by atoms with Gasteiger partial charge in [-0.2, -0.15) is 18.3 Å². The molecule has 3 aromatic rings. The largest absolute Gasteiger partial charge is 0.417 e. The number of alkyl halides is 3. The highest BCUT2D eigenvalue weighted by molar-refractivity contribution is 5.53. The quantitative estimate of drug-likeness (QED) is 0.699. The van der Waals surface area contributed by atoms with E-state index < -0.39 is 17.3 Å². The van der Waals surface area contributed by atoms with Gasteiger partial charge >= 0.3 is 6.18 Å². The van der Waals surface area contributed by atoms with Crippen molar-refractivity contribution in [3.05, 3.63) is 64.6 Å². The van der Waals surface area contributed by atoms with Crippen molar-refractivity contribution in [2.45, 2.75) is 32.6 Å². The first-order valence-corrected chi connectivity index (χ1v) is 8.00. The second-order valence-electron chi connectivity index (χ2n) is 5.69. The number of hydrogen-bond donors (Lipinski definition) is 0. The smallest absolute Gasteiger partial charge is 0.307 e. The maximum atomic E-state index is 12.9. The zero-order valence-electron chi connectivity index (χ0n) is 13.9. The molecule has 9 heteroatoms. The Hall–Kier alpha value is -2.97. The molecule has 0 aliphatic carbocycles. The second kappa shape index (κ2) is 7.11. The van der Waals surface area contributed by atoms with E-state index in [0.717, 1.165) is 34.9 Å². The monoisotopic (exact) mass is 363 g/mol. The highest BCUT2D eigenvalue weighted by Gasteiger charge is 2.31. The molecule has 3 aromatic heterocycles. The fraction of sp³-hybridized carbons (Fsp3) is 0.294. The van der Waals surface area contributed by atoms with Crippen LogP contribution in [-0.2, 0) is 19.3 Å². The van der Waals surface area contributed by atoms with Gasteiger partial charge in [-0.05, 0) is 24.6 Å². The molecular weight excluding hydrogens is 347 g/mol. The lowest BCUT2D eigenvalue weighted by atomic mass is 10.2. The van der Waals surface area contributed by atoms with Crippen LogP contribution in [0.2, 0.25) is 0 Å². The Morgan fingerprint density at radius 2 is 1.85 bits per heavy atom. The third-order valence-electron chi connectivity index (χ3n) is 3.74. The summed E-state index contributed by atoms with van der Waals surface area (Å²) in [6.45, 7) is 2.40. The van der Waals surface area contributed by atoms with Gasteiger partial charge in [0.2, 0.25) is 0 Å². The van der Waals surface area contributed by atoms with E-state index in [4.69, 9.17) is 0 Å². The molecule has 6 nitrogen and oxygen atoms in total. The predicted molar refractivity (Wildman–Crippen MR) is 88.4 cm³/mol. The molecule has 0 N–H and O–H groups in total. The first-order valence-electron chi connectivity index (χ1n) is 8.00. The summed E-state index contributed by atoms with van der Waals surface area (Å²) in [7, 11) is 0. The van der Waals surface area contributed by atoms with E-state index in [2.05, 4.69) is 15.1 Å². The lowest BCUT2D eigenvalue weighted by Gasteiger charge is -2.11. The van der Waals surface area contributed by atoms with Gasteiger partial charge in [-0.15, -0.1) is 0 Å². The molecule has 0 aliphatic rings. The Morgan fingerprint density at radius 3 is 2.50 bits per heavy atom. The second-order valence-corrected chi connectivity index (χ2v) is 5.69. The molecule has 0 aromatic carbocycles. The number of pyridine rings is 2. The lowest BCUT2D eigenvalue weighted by molar-refractivity contribution is -0.138. The van der Waals surface area contributed by atoms with Gasteiger partial charge in [0.25, 0.3) is 5.56 Å². The third kappa shape index (κ3) is 3.81. The first-order chi connectivity index (χ1) is 12.4. The van der Waals surface area contributed by atoms with Crippen molar-refractivity contribution in [1.82, 2.24) is 24.3 Å². The van der Waals surface area contributed by atoms with Gasteiger partial charge in [0.05, 0.1) is 12.1 Å². The van der Waals surface area contributed by atoms with Crippen molar-refractivity contribution < 1.29 is 13.2 Å². The Labute approximate surface area is 147 Å². The van der Waals surface area contributed by atoms with Crippen LogP contribution in [0.25, 0.3) is 11.4 Å². The van der Waals surface area contributed by atoms with E-state index in [9.17, 15) is 18.0 Å². The first kappa shape index (κ1) is 17.8. The van der Waals surface area contributed by atoms with E-state index in [0.29, 0.717) is 18.2 Å². The summed E-state index contributed by atoms with van der Waals surface area (Å²) in [4.78, 5) is 20.3. The summed E-state index contributed by atoms with van der Waals surface area (Å²) >= 11 is 0. The Balaban J connectivity index is 1.99. The van der Waals surface area contributed by atoms with Crippen molar-refractivity contribution in [2.75, 3.05) is 0 Å². The van der Waals surface area contributed by atoms with Crippen LogP contribution in [0.5, 0.6) is 0 Å². The minimum Gasteiger partial charge on any atom is -0.307 e. The molecule has 0 unspecified atom stereocenters. The van der Waals surface area contributed by atoms with Gasteiger partial charge in [0.15, 0.2) is 5.82 Å². The summed E-state index contributed by atoms with van der Waals surface area (Å²) in [6.07, 6.45) is 0.261. The lowest BCUT2D eigenvalue weighted by Crippen LogP contribution is -2.23. The van der Waals surface area contributed by atoms with Gasteiger partial charge in [-0.3, -0.25) is 9.78 Å². The fourth-order valence-corrected chi connectivity index (χ4v) is 2.48. The van der Waals surface area contributed by atoms with Crippen molar-refractivity contribution in [3.8, 4) is 11.4 Å². The van der Waals surface area contributed by atoms with Crippen molar-refractivity contribution in [3.63, 3.8) is 0 Å². The van der Waals surface area contributed by atoms with Crippen LogP contribution in [0.3, 0.4) is 0 Å². The molecule has 0 bridgehead atoms. The maximum Gasteiger partial charge on any atom is 0.417 e. The van der Waals surface area contributed by atoms with E-state index in [-0.39, 0.29) is 6.54 Å². The number of halogens is 3. The Bertz CT molecular complexity index is 947. The van der Waals surface area contributed by atoms with Crippen LogP contribution in [0, 0.1) is 0 Å². The molecule has 0 saturated heterocycles. The van der Waals surface area contributed by atoms with Crippen molar-refractivity contribution in [1.29, 1.82) is 0 Å². The average Bonchev–Trinajstić information content (AvgIpc) is 3.00. The molecule has 0 aliphatic heterocycles. The van der Waals surface area contributed by atoms with Crippen LogP contribution in [0.1, 0.15) is 24.7 Å². The molecule has 0 atom stereocenters. The van der Waals surface area contributed by atoms with Gasteiger partial charge in [0, 0.05) is 36.8 Å². The van der Waals surface area contributed by atoms with Gasteiger partial charge < -0.3 is 4.57 Å². The van der Waals surface area contributed by atoms with Crippen LogP contribution >= 0.6 is 0 Å². The molecular formula is C17H16F3N5O. The molecule has 0 radical (unpaired) electrons. The summed E-state index contributed by atoms with van der Waals surface area (Å²) in [5, 5.41) is 4.41. The van der Waals surface area contributed by atoms with E-state index >= 15 is 0 Å². The predicted octanol–water partition coefficient (Wildman–Crippen LogP) is 2.98. The minimum absolute atomic E-state index is 0.0964. The molecule has 0 fully saturated rings. The van der Waals surface area contributed by atoms with Crippen molar-refractivity contribution >= 4 is 0 Å². The van der Waals surface area contributed by atoms with E-state index in [1.807, 2.05) is 6.92 Å². The standard InChI is InChI=1S/C17H16F3N5O/c1-2-9-25-14(22-16(23-25)12-5-7-21-8-6-12)11-24-10-13(17(18,19)20)3-4-15(24)26/h3-8,10H,2,9,11H2,1H3. The maximum absolute atomic E-state index is 12.9. The summed E-state index contributed by atoms with van der Waals surface area (Å²) in [5.74, 6) is 0.857. The van der Waals surface area contributed by atoms with Crippen LogP contribution in [0.15, 0.2) is 47.7 Å². The van der Waals surface area contributed by atoms with Gasteiger partial charge in [-0.25, -0.2) is 9.67 Å². The fourth-order valence-electron chi connectivity index (χ4n) is 2.48.